The molecule has 2 aromatic carbocycles. The van der Waals surface area contributed by atoms with Crippen LogP contribution < -0.4 is 10.6 Å². The molecule has 0 radical (unpaired) electrons. The normalized spacial score (nSPS) is 20.5. The Morgan fingerprint density at radius 3 is 2.54 bits per heavy atom. The van der Waals surface area contributed by atoms with Crippen molar-refractivity contribution in [3.8, 4) is 0 Å². The molecule has 0 aliphatic carbocycles. The van der Waals surface area contributed by atoms with Gasteiger partial charge in [-0.25, -0.2) is 8.42 Å². The van der Waals surface area contributed by atoms with Crippen molar-refractivity contribution >= 4 is 27.3 Å². The van der Waals surface area contributed by atoms with Crippen molar-refractivity contribution in [1.82, 2.24) is 10.6 Å². The van der Waals surface area contributed by atoms with Gasteiger partial charge in [-0.05, 0) is 56.1 Å². The van der Waals surface area contributed by atoms with Gasteiger partial charge in [-0.15, -0.1) is 0 Å². The Hall–Kier alpha value is -1.89. The van der Waals surface area contributed by atoms with E-state index in [1.54, 1.807) is 55.5 Å². The lowest BCUT2D eigenvalue weighted by atomic mass is 10.1. The molecule has 1 atom stereocenters. The Bertz CT molecular complexity index is 908. The number of nitrogens with one attached hydrogen (secondary N) is 2. The van der Waals surface area contributed by atoms with Crippen LogP contribution in [0.1, 0.15) is 28.8 Å². The summed E-state index contributed by atoms with van der Waals surface area (Å²) >= 11 is 6.14. The molecule has 0 aromatic heterocycles. The van der Waals surface area contributed by atoms with Gasteiger partial charge in [-0.2, -0.15) is 0 Å². The van der Waals surface area contributed by atoms with E-state index in [-0.39, 0.29) is 11.4 Å². The third kappa shape index (κ3) is 3.37. The monoisotopic (exact) mass is 392 g/mol. The summed E-state index contributed by atoms with van der Waals surface area (Å²) in [5.74, 6) is -0.405. The molecule has 1 heterocycles. The highest BCUT2D eigenvalue weighted by molar-refractivity contribution is 7.93. The highest BCUT2D eigenvalue weighted by Gasteiger charge is 2.47. The number of carbonyl (C=O) groups is 1. The lowest BCUT2D eigenvalue weighted by Crippen LogP contribution is -2.62. The van der Waals surface area contributed by atoms with Gasteiger partial charge >= 0.3 is 0 Å². The average molecular weight is 393 g/mol. The number of amides is 1. The Labute approximate surface area is 158 Å². The molecule has 0 spiro atoms. The molecule has 1 aliphatic heterocycles. The van der Waals surface area contributed by atoms with Gasteiger partial charge in [0.05, 0.1) is 4.90 Å². The summed E-state index contributed by atoms with van der Waals surface area (Å²) in [6, 6.07) is 13.4. The van der Waals surface area contributed by atoms with Crippen molar-refractivity contribution in [1.29, 1.82) is 0 Å². The first kappa shape index (κ1) is 18.9. The summed E-state index contributed by atoms with van der Waals surface area (Å²) in [5, 5.41) is 6.31. The Balaban J connectivity index is 2.05. The molecule has 0 unspecified atom stereocenters. The van der Waals surface area contributed by atoms with Gasteiger partial charge in [0.1, 0.15) is 0 Å². The zero-order valence-corrected chi connectivity index (χ0v) is 16.0. The van der Waals surface area contributed by atoms with Crippen molar-refractivity contribution in [3.63, 3.8) is 0 Å². The molecule has 7 heteroatoms. The van der Waals surface area contributed by atoms with Gasteiger partial charge in [0.15, 0.2) is 4.87 Å². The summed E-state index contributed by atoms with van der Waals surface area (Å²) in [5.41, 5.74) is 0.920. The van der Waals surface area contributed by atoms with Crippen LogP contribution in [0.25, 0.3) is 0 Å². The molecule has 1 amide bonds. The molecule has 1 fully saturated rings. The third-order valence-corrected chi connectivity index (χ3v) is 7.65. The number of benzene rings is 2. The van der Waals surface area contributed by atoms with Crippen molar-refractivity contribution in [2.75, 3.05) is 13.1 Å². The van der Waals surface area contributed by atoms with E-state index in [0.717, 1.165) is 0 Å². The van der Waals surface area contributed by atoms with E-state index >= 15 is 0 Å². The van der Waals surface area contributed by atoms with Crippen LogP contribution >= 0.6 is 11.6 Å². The second-order valence-electron chi connectivity index (χ2n) is 6.46. The first-order valence-electron chi connectivity index (χ1n) is 8.45. The molecule has 2 aromatic rings. The summed E-state index contributed by atoms with van der Waals surface area (Å²) in [6.07, 6.45) is 0.987. The van der Waals surface area contributed by atoms with Gasteiger partial charge in [0.2, 0.25) is 9.84 Å². The van der Waals surface area contributed by atoms with Gasteiger partial charge in [-0.1, -0.05) is 35.9 Å². The van der Waals surface area contributed by atoms with Crippen LogP contribution in [0.4, 0.5) is 0 Å². The van der Waals surface area contributed by atoms with Crippen molar-refractivity contribution in [2.45, 2.75) is 29.5 Å². The van der Waals surface area contributed by atoms with E-state index in [0.29, 0.717) is 35.5 Å². The van der Waals surface area contributed by atoms with Crippen molar-refractivity contribution in [2.24, 2.45) is 0 Å². The summed E-state index contributed by atoms with van der Waals surface area (Å²) in [6.45, 7) is 2.55. The maximum Gasteiger partial charge on any atom is 0.252 e. The molecule has 0 bridgehead atoms. The van der Waals surface area contributed by atoms with E-state index in [9.17, 15) is 13.2 Å². The van der Waals surface area contributed by atoms with Crippen molar-refractivity contribution < 1.29 is 13.2 Å². The minimum Gasteiger partial charge on any atom is -0.332 e. The first-order chi connectivity index (χ1) is 12.4. The van der Waals surface area contributed by atoms with Gasteiger partial charge < -0.3 is 10.6 Å². The SMILES string of the molecule is Cc1c(Cl)cccc1S(=O)(=O)[C@@]1(NC(=O)c2ccccc2)CCCNC1. The zero-order valence-electron chi connectivity index (χ0n) is 14.5. The fourth-order valence-electron chi connectivity index (χ4n) is 3.24. The second kappa shape index (κ2) is 7.39. The minimum atomic E-state index is -3.86. The Morgan fingerprint density at radius 1 is 1.15 bits per heavy atom. The molecule has 3 rings (SSSR count). The van der Waals surface area contributed by atoms with Crippen LogP contribution in [0.5, 0.6) is 0 Å². The van der Waals surface area contributed by atoms with Crippen LogP contribution in [0.3, 0.4) is 0 Å². The standard InChI is InChI=1S/C19H21ClN2O3S/c1-14-16(20)9-5-10-17(14)26(24,25)19(11-6-12-21-13-19)22-18(23)15-7-3-2-4-8-15/h2-5,7-10,21H,6,11-13H2,1H3,(H,22,23)/t19-/m0/s1. The summed E-state index contributed by atoms with van der Waals surface area (Å²) in [4.78, 5) is 11.5. The summed E-state index contributed by atoms with van der Waals surface area (Å²) in [7, 11) is -3.86. The number of rotatable bonds is 4. The Morgan fingerprint density at radius 2 is 1.88 bits per heavy atom. The highest BCUT2D eigenvalue weighted by atomic mass is 35.5. The number of hydrogen-bond donors (Lipinski definition) is 2. The first-order valence-corrected chi connectivity index (χ1v) is 10.3. The quantitative estimate of drug-likeness (QED) is 0.838. The number of carbonyl (C=O) groups excluding carboxylic acids is 1. The molecule has 26 heavy (non-hydrogen) atoms. The van der Waals surface area contributed by atoms with Crippen LogP contribution in [0.15, 0.2) is 53.4 Å². The Kier molecular flexibility index (Phi) is 5.37. The lowest BCUT2D eigenvalue weighted by molar-refractivity contribution is 0.0916. The van der Waals surface area contributed by atoms with Gasteiger partial charge in [0.25, 0.3) is 5.91 Å². The molecule has 5 nitrogen and oxygen atoms in total. The summed E-state index contributed by atoms with van der Waals surface area (Å²) < 4.78 is 27.1. The van der Waals surface area contributed by atoms with E-state index in [1.807, 2.05) is 0 Å². The molecule has 138 valence electrons. The molecular formula is C19H21ClN2O3S. The maximum absolute atomic E-state index is 13.5. The second-order valence-corrected chi connectivity index (χ2v) is 9.10. The van der Waals surface area contributed by atoms with E-state index < -0.39 is 20.6 Å². The van der Waals surface area contributed by atoms with E-state index in [1.165, 1.54) is 0 Å². The average Bonchev–Trinajstić information content (AvgIpc) is 2.65. The van der Waals surface area contributed by atoms with Crippen LogP contribution in [-0.2, 0) is 9.84 Å². The smallest absolute Gasteiger partial charge is 0.252 e. The molecule has 0 saturated carbocycles. The fourth-order valence-corrected chi connectivity index (χ4v) is 5.59. The van der Waals surface area contributed by atoms with Crippen molar-refractivity contribution in [3.05, 3.63) is 64.7 Å². The molecule has 2 N–H and O–H groups in total. The number of sulfone groups is 1. The van der Waals surface area contributed by atoms with E-state index in [2.05, 4.69) is 10.6 Å². The molecule has 1 aliphatic rings. The van der Waals surface area contributed by atoms with Crippen LogP contribution in [0, 0.1) is 6.92 Å². The fraction of sp³-hybridized carbons (Fsp3) is 0.316. The predicted molar refractivity (Wildman–Crippen MR) is 102 cm³/mol. The molecule has 1 saturated heterocycles. The van der Waals surface area contributed by atoms with E-state index in [4.69, 9.17) is 11.6 Å². The van der Waals surface area contributed by atoms with Gasteiger partial charge in [0, 0.05) is 17.1 Å². The predicted octanol–water partition coefficient (Wildman–Crippen LogP) is 2.93. The van der Waals surface area contributed by atoms with Crippen LogP contribution in [0.2, 0.25) is 5.02 Å². The topological polar surface area (TPSA) is 75.3 Å². The minimum absolute atomic E-state index is 0.153. The highest BCUT2D eigenvalue weighted by Crippen LogP contribution is 2.33. The maximum atomic E-state index is 13.5. The number of piperidine rings is 1. The lowest BCUT2D eigenvalue weighted by Gasteiger charge is -2.38. The number of hydrogen-bond acceptors (Lipinski definition) is 4. The number of halogens is 1. The third-order valence-electron chi connectivity index (χ3n) is 4.74. The zero-order chi connectivity index (χ0) is 18.8. The largest absolute Gasteiger partial charge is 0.332 e. The van der Waals surface area contributed by atoms with Crippen LogP contribution in [-0.4, -0.2) is 32.3 Å². The molecular weight excluding hydrogens is 372 g/mol. The van der Waals surface area contributed by atoms with Gasteiger partial charge in [-0.3, -0.25) is 4.79 Å².